The molecule has 0 radical (unpaired) electrons. The Bertz CT molecular complexity index is 594. The molecule has 0 unspecified atom stereocenters. The summed E-state index contributed by atoms with van der Waals surface area (Å²) < 4.78 is 59.9. The summed E-state index contributed by atoms with van der Waals surface area (Å²) in [5.41, 5.74) is 0.683. The minimum Gasteiger partial charge on any atom is -0.377 e. The molecule has 5 heteroatoms. The second-order valence-corrected chi connectivity index (χ2v) is 5.09. The summed E-state index contributed by atoms with van der Waals surface area (Å²) in [5, 5.41) is 0. The average Bonchev–Trinajstić information content (AvgIpc) is 2.75. The van der Waals surface area contributed by atoms with Gasteiger partial charge in [-0.25, -0.2) is 17.6 Å². The van der Waals surface area contributed by atoms with Gasteiger partial charge in [-0.15, -0.1) is 0 Å². The Hall–Kier alpha value is -1.36. The van der Waals surface area contributed by atoms with Gasteiger partial charge in [-0.2, -0.15) is 0 Å². The van der Waals surface area contributed by atoms with Crippen LogP contribution in [0.25, 0.3) is 0 Å². The number of fused-ring (bicyclic) bond motifs is 5. The summed E-state index contributed by atoms with van der Waals surface area (Å²) in [7, 11) is 1.46. The summed E-state index contributed by atoms with van der Waals surface area (Å²) in [6.07, 6.45) is 1.76. The van der Waals surface area contributed by atoms with Crippen LogP contribution in [0.1, 0.15) is 36.3 Å². The SMILES string of the molecule is CO[C@@H]1C=C(C)[C@H]2C[C@@H]1c1c(F)c(F)c(F)c(F)c12. The number of halogens is 4. The first-order valence-corrected chi connectivity index (χ1v) is 6.04. The molecule has 0 aliphatic heterocycles. The Morgan fingerprint density at radius 2 is 1.58 bits per heavy atom. The Morgan fingerprint density at radius 1 is 1.00 bits per heavy atom. The predicted molar refractivity (Wildman–Crippen MR) is 60.9 cm³/mol. The Morgan fingerprint density at radius 3 is 2.16 bits per heavy atom. The third-order valence-corrected chi connectivity index (χ3v) is 4.20. The van der Waals surface area contributed by atoms with Gasteiger partial charge in [-0.3, -0.25) is 0 Å². The first kappa shape index (κ1) is 12.7. The molecule has 0 N–H and O–H groups in total. The lowest BCUT2D eigenvalue weighted by atomic mass is 9.85. The molecule has 0 spiro atoms. The van der Waals surface area contributed by atoms with Crippen molar-refractivity contribution in [3.63, 3.8) is 0 Å². The second kappa shape index (κ2) is 4.07. The van der Waals surface area contributed by atoms with E-state index in [1.807, 2.05) is 0 Å². The van der Waals surface area contributed by atoms with E-state index in [0.717, 1.165) is 5.57 Å². The first-order chi connectivity index (χ1) is 8.97. The minimum atomic E-state index is -1.74. The summed E-state index contributed by atoms with van der Waals surface area (Å²) in [5.74, 6) is -6.88. The van der Waals surface area contributed by atoms with E-state index < -0.39 is 41.2 Å². The lowest BCUT2D eigenvalue weighted by molar-refractivity contribution is 0.109. The van der Waals surface area contributed by atoms with E-state index in [1.54, 1.807) is 13.0 Å². The van der Waals surface area contributed by atoms with Crippen LogP contribution in [0.4, 0.5) is 17.6 Å². The molecule has 0 saturated heterocycles. The maximum Gasteiger partial charge on any atom is 0.197 e. The van der Waals surface area contributed by atoms with Crippen molar-refractivity contribution in [3.05, 3.63) is 46.0 Å². The van der Waals surface area contributed by atoms with Gasteiger partial charge in [-0.05, 0) is 13.3 Å². The van der Waals surface area contributed by atoms with Gasteiger partial charge in [0.25, 0.3) is 0 Å². The van der Waals surface area contributed by atoms with E-state index in [4.69, 9.17) is 4.74 Å². The number of rotatable bonds is 1. The molecule has 19 heavy (non-hydrogen) atoms. The van der Waals surface area contributed by atoms with Crippen molar-refractivity contribution in [2.45, 2.75) is 31.3 Å². The van der Waals surface area contributed by atoms with E-state index >= 15 is 0 Å². The fourth-order valence-electron chi connectivity index (χ4n) is 3.29. The molecular formula is C14H12F4O. The summed E-state index contributed by atoms with van der Waals surface area (Å²) >= 11 is 0. The maximum absolute atomic E-state index is 14.0. The van der Waals surface area contributed by atoms with Crippen LogP contribution < -0.4 is 0 Å². The maximum atomic E-state index is 14.0. The highest BCUT2D eigenvalue weighted by Crippen LogP contribution is 2.53. The molecule has 1 nitrogen and oxygen atoms in total. The molecule has 0 fully saturated rings. The molecule has 3 rings (SSSR count). The summed E-state index contributed by atoms with van der Waals surface area (Å²) in [4.78, 5) is 0. The summed E-state index contributed by atoms with van der Waals surface area (Å²) in [6.45, 7) is 1.76. The molecule has 0 heterocycles. The quantitative estimate of drug-likeness (QED) is 0.327. The zero-order valence-corrected chi connectivity index (χ0v) is 10.4. The van der Waals surface area contributed by atoms with Gasteiger partial charge in [-0.1, -0.05) is 11.6 Å². The third-order valence-electron chi connectivity index (χ3n) is 4.20. The van der Waals surface area contributed by atoms with Gasteiger partial charge < -0.3 is 4.74 Å². The Kier molecular flexibility index (Phi) is 2.71. The molecule has 1 aromatic rings. The molecule has 1 aromatic carbocycles. The minimum absolute atomic E-state index is 0.0466. The molecule has 2 aliphatic carbocycles. The Balaban J connectivity index is 2.31. The molecular weight excluding hydrogens is 260 g/mol. The van der Waals surface area contributed by atoms with Gasteiger partial charge in [0.05, 0.1) is 6.10 Å². The molecule has 102 valence electrons. The van der Waals surface area contributed by atoms with Gasteiger partial charge in [0, 0.05) is 30.1 Å². The van der Waals surface area contributed by atoms with Crippen LogP contribution in [-0.2, 0) is 4.74 Å². The number of methoxy groups -OCH3 is 1. The number of hydrogen-bond acceptors (Lipinski definition) is 1. The topological polar surface area (TPSA) is 9.23 Å². The van der Waals surface area contributed by atoms with Gasteiger partial charge in [0.2, 0.25) is 0 Å². The molecule has 0 amide bonds. The summed E-state index contributed by atoms with van der Waals surface area (Å²) in [6, 6.07) is 0. The molecule has 2 aliphatic rings. The second-order valence-electron chi connectivity index (χ2n) is 5.09. The number of allylic oxidation sites excluding steroid dienone is 1. The fourth-order valence-corrected chi connectivity index (χ4v) is 3.29. The third kappa shape index (κ3) is 1.51. The molecule has 0 saturated carbocycles. The largest absolute Gasteiger partial charge is 0.377 e. The molecule has 0 aromatic heterocycles. The fraction of sp³-hybridized carbons (Fsp3) is 0.429. The van der Waals surface area contributed by atoms with Crippen molar-refractivity contribution in [1.82, 2.24) is 0 Å². The highest BCUT2D eigenvalue weighted by molar-refractivity contribution is 5.49. The standard InChI is InChI=1S/C14H12F4O/c1-5-3-8(19-2)7-4-6(5)9-10(7)12(16)14(18)13(17)11(9)15/h3,6-8H,4H2,1-2H3/t6-,7+,8-/m1/s1. The van der Waals surface area contributed by atoms with Gasteiger partial charge >= 0.3 is 0 Å². The molecule has 2 bridgehead atoms. The average molecular weight is 272 g/mol. The smallest absolute Gasteiger partial charge is 0.197 e. The van der Waals surface area contributed by atoms with E-state index in [0.29, 0.717) is 6.42 Å². The van der Waals surface area contributed by atoms with Crippen LogP contribution in [0, 0.1) is 23.3 Å². The number of hydrogen-bond donors (Lipinski definition) is 0. The van der Waals surface area contributed by atoms with Crippen LogP contribution in [0.15, 0.2) is 11.6 Å². The van der Waals surface area contributed by atoms with E-state index in [2.05, 4.69) is 0 Å². The van der Waals surface area contributed by atoms with E-state index in [-0.39, 0.29) is 11.1 Å². The van der Waals surface area contributed by atoms with Crippen molar-refractivity contribution < 1.29 is 22.3 Å². The highest BCUT2D eigenvalue weighted by Gasteiger charge is 2.45. The number of ether oxygens (including phenoxy) is 1. The highest BCUT2D eigenvalue weighted by atomic mass is 19.2. The van der Waals surface area contributed by atoms with Crippen LogP contribution in [-0.4, -0.2) is 13.2 Å². The first-order valence-electron chi connectivity index (χ1n) is 6.04. The lowest BCUT2D eigenvalue weighted by Crippen LogP contribution is -2.21. The van der Waals surface area contributed by atoms with Crippen LogP contribution in [0.3, 0.4) is 0 Å². The van der Waals surface area contributed by atoms with Crippen LogP contribution in [0.5, 0.6) is 0 Å². The van der Waals surface area contributed by atoms with Crippen LogP contribution >= 0.6 is 0 Å². The van der Waals surface area contributed by atoms with Gasteiger partial charge in [0.15, 0.2) is 23.3 Å². The zero-order valence-electron chi connectivity index (χ0n) is 10.4. The van der Waals surface area contributed by atoms with Crippen LogP contribution in [0.2, 0.25) is 0 Å². The van der Waals surface area contributed by atoms with E-state index in [9.17, 15) is 17.6 Å². The van der Waals surface area contributed by atoms with Crippen molar-refractivity contribution in [2.75, 3.05) is 7.11 Å². The monoisotopic (exact) mass is 272 g/mol. The van der Waals surface area contributed by atoms with Crippen molar-refractivity contribution in [1.29, 1.82) is 0 Å². The predicted octanol–water partition coefficient (Wildman–Crippen LogP) is 3.79. The lowest BCUT2D eigenvalue weighted by Gasteiger charge is -2.26. The van der Waals surface area contributed by atoms with Crippen molar-refractivity contribution >= 4 is 0 Å². The van der Waals surface area contributed by atoms with E-state index in [1.165, 1.54) is 7.11 Å². The zero-order chi connectivity index (χ0) is 13.9. The number of benzene rings is 1. The normalized spacial score (nSPS) is 28.3. The Labute approximate surface area is 107 Å². The van der Waals surface area contributed by atoms with Crippen molar-refractivity contribution in [3.8, 4) is 0 Å². The molecule has 3 atom stereocenters. The van der Waals surface area contributed by atoms with Gasteiger partial charge in [0.1, 0.15) is 0 Å². The van der Waals surface area contributed by atoms with Crippen molar-refractivity contribution in [2.24, 2.45) is 0 Å².